The number of aliphatic hydroxyl groups excluding tert-OH is 4. The zero-order valence-electron chi connectivity index (χ0n) is 9.06. The third kappa shape index (κ3) is 3.34. The van der Waals surface area contributed by atoms with Gasteiger partial charge in [-0.3, -0.25) is 0 Å². The Labute approximate surface area is 105 Å². The van der Waals surface area contributed by atoms with Crippen molar-refractivity contribution in [3.05, 3.63) is 0 Å². The zero-order valence-corrected chi connectivity index (χ0v) is 9.87. The van der Waals surface area contributed by atoms with Gasteiger partial charge in [-0.25, -0.2) is 4.18 Å². The summed E-state index contributed by atoms with van der Waals surface area (Å²) in [7, 11) is -6.03. The molecule has 5 atom stereocenters. The fourth-order valence-electron chi connectivity index (χ4n) is 1.35. The maximum absolute atomic E-state index is 12.0. The number of aliphatic hydroxyl groups is 4. The van der Waals surface area contributed by atoms with Crippen molar-refractivity contribution >= 4 is 10.1 Å². The van der Waals surface area contributed by atoms with E-state index in [-0.39, 0.29) is 0 Å². The molecule has 0 aromatic carbocycles. The van der Waals surface area contributed by atoms with E-state index in [0.29, 0.717) is 0 Å². The third-order valence-corrected chi connectivity index (χ3v) is 3.34. The smallest absolute Gasteiger partial charge is 0.394 e. The van der Waals surface area contributed by atoms with Crippen molar-refractivity contribution in [1.29, 1.82) is 0 Å². The number of halogens is 3. The van der Waals surface area contributed by atoms with Gasteiger partial charge in [-0.05, 0) is 0 Å². The lowest BCUT2D eigenvalue weighted by molar-refractivity contribution is -0.144. The molecule has 0 radical (unpaired) electrons. The number of ether oxygens (including phenoxy) is 1. The van der Waals surface area contributed by atoms with Crippen LogP contribution < -0.4 is 0 Å². The number of alkyl halides is 3. The second-order valence-corrected chi connectivity index (χ2v) is 5.26. The summed E-state index contributed by atoms with van der Waals surface area (Å²) in [6.45, 7) is -0.923. The van der Waals surface area contributed by atoms with Crippen molar-refractivity contribution < 1.29 is 50.9 Å². The fraction of sp³-hybridized carbons (Fsp3) is 1.00. The van der Waals surface area contributed by atoms with Crippen LogP contribution >= 0.6 is 0 Å². The molecule has 4 N–H and O–H groups in total. The molecule has 1 saturated heterocycles. The highest BCUT2D eigenvalue weighted by atomic mass is 32.2. The van der Waals surface area contributed by atoms with Gasteiger partial charge in [0, 0.05) is 0 Å². The Balaban J connectivity index is 2.83. The van der Waals surface area contributed by atoms with Crippen LogP contribution in [0.25, 0.3) is 0 Å². The van der Waals surface area contributed by atoms with Crippen LogP contribution in [0.5, 0.6) is 0 Å². The summed E-state index contributed by atoms with van der Waals surface area (Å²) < 4.78 is 65.5. The molecule has 1 rings (SSSR count). The van der Waals surface area contributed by atoms with Gasteiger partial charge in [-0.1, -0.05) is 0 Å². The molecule has 0 aliphatic carbocycles. The van der Waals surface area contributed by atoms with E-state index in [0.717, 1.165) is 0 Å². The van der Waals surface area contributed by atoms with Gasteiger partial charge in [0.2, 0.25) is 6.29 Å². The summed E-state index contributed by atoms with van der Waals surface area (Å²) >= 11 is 0. The molecule has 0 bridgehead atoms. The lowest BCUT2D eigenvalue weighted by atomic mass is 10.1. The molecule has 114 valence electrons. The monoisotopic (exact) mass is 312 g/mol. The fourth-order valence-corrected chi connectivity index (χ4v) is 1.87. The third-order valence-electron chi connectivity index (χ3n) is 2.33. The summed E-state index contributed by atoms with van der Waals surface area (Å²) in [4.78, 5) is 0. The Kier molecular flexibility index (Phi) is 4.77. The van der Waals surface area contributed by atoms with Crippen molar-refractivity contribution in [2.75, 3.05) is 6.61 Å². The van der Waals surface area contributed by atoms with Gasteiger partial charge in [0.05, 0.1) is 6.61 Å². The van der Waals surface area contributed by atoms with E-state index in [4.69, 9.17) is 10.2 Å². The highest BCUT2D eigenvalue weighted by Gasteiger charge is 2.54. The van der Waals surface area contributed by atoms with E-state index >= 15 is 0 Å². The quantitative estimate of drug-likeness (QED) is 0.335. The van der Waals surface area contributed by atoms with Crippen molar-refractivity contribution in [2.24, 2.45) is 0 Å². The molecule has 0 unspecified atom stereocenters. The summed E-state index contributed by atoms with van der Waals surface area (Å²) in [5.41, 5.74) is -5.73. The lowest BCUT2D eigenvalue weighted by Crippen LogP contribution is -2.40. The molecule has 8 nitrogen and oxygen atoms in total. The molecule has 1 fully saturated rings. The summed E-state index contributed by atoms with van der Waals surface area (Å²) in [6.07, 6.45) is -9.81. The van der Waals surface area contributed by atoms with Gasteiger partial charge in [-0.2, -0.15) is 21.6 Å². The zero-order chi connectivity index (χ0) is 15.0. The van der Waals surface area contributed by atoms with E-state index in [9.17, 15) is 31.8 Å². The molecule has 1 heterocycles. The predicted octanol–water partition coefficient (Wildman–Crippen LogP) is -2.35. The Morgan fingerprint density at radius 2 is 1.79 bits per heavy atom. The molecule has 1 aliphatic heterocycles. The van der Waals surface area contributed by atoms with Crippen LogP contribution in [0.2, 0.25) is 0 Å². The van der Waals surface area contributed by atoms with Gasteiger partial charge < -0.3 is 25.2 Å². The summed E-state index contributed by atoms with van der Waals surface area (Å²) in [5.74, 6) is 0. The Morgan fingerprint density at radius 3 is 2.21 bits per heavy atom. The molecule has 0 aromatic rings. The van der Waals surface area contributed by atoms with Crippen LogP contribution in [-0.2, 0) is 19.0 Å². The first-order chi connectivity index (χ1) is 8.51. The van der Waals surface area contributed by atoms with Gasteiger partial charge in [-0.15, -0.1) is 0 Å². The molecular formula is C7H11F3O8S. The summed E-state index contributed by atoms with van der Waals surface area (Å²) in [6, 6.07) is 0. The standard InChI is InChI=1S/C7H11F3O8S/c8-7(9,10)19(15,16)18-6-4(14)3(13)5(17-6)2(12)1-11/h2-6,11-14H,1H2/t2-,3+,4-,5-,6-/m1/s1. The highest BCUT2D eigenvalue weighted by Crippen LogP contribution is 2.31. The maximum atomic E-state index is 12.0. The first kappa shape index (κ1) is 16.6. The average Bonchev–Trinajstić information content (AvgIpc) is 2.54. The number of rotatable bonds is 4. The normalized spacial score (nSPS) is 34.5. The second-order valence-electron chi connectivity index (χ2n) is 3.70. The molecule has 0 saturated carbocycles. The molecule has 0 amide bonds. The second kappa shape index (κ2) is 5.47. The highest BCUT2D eigenvalue weighted by molar-refractivity contribution is 7.87. The minimum Gasteiger partial charge on any atom is -0.394 e. The first-order valence-corrected chi connectivity index (χ1v) is 6.22. The SMILES string of the molecule is O=S(=O)(O[C@H]1O[C@H]([C@H](O)CO)[C@@H](O)[C@H]1O)C(F)(F)F. The Morgan fingerprint density at radius 1 is 1.26 bits per heavy atom. The molecule has 1 aliphatic rings. The van der Waals surface area contributed by atoms with Gasteiger partial charge in [0.25, 0.3) is 0 Å². The van der Waals surface area contributed by atoms with Gasteiger partial charge >= 0.3 is 15.6 Å². The van der Waals surface area contributed by atoms with Crippen LogP contribution in [0.4, 0.5) is 13.2 Å². The van der Waals surface area contributed by atoms with E-state index in [2.05, 4.69) is 8.92 Å². The number of hydrogen-bond acceptors (Lipinski definition) is 8. The molecule has 0 aromatic heterocycles. The minimum absolute atomic E-state index is 0.923. The van der Waals surface area contributed by atoms with Crippen LogP contribution in [0, 0.1) is 0 Å². The molecule has 0 spiro atoms. The topological polar surface area (TPSA) is 134 Å². The van der Waals surface area contributed by atoms with Crippen molar-refractivity contribution in [1.82, 2.24) is 0 Å². The predicted molar refractivity (Wildman–Crippen MR) is 49.8 cm³/mol. The Bertz CT molecular complexity index is 409. The van der Waals surface area contributed by atoms with E-state index in [1.165, 1.54) is 0 Å². The Hall–Kier alpha value is -0.500. The van der Waals surface area contributed by atoms with Crippen LogP contribution in [-0.4, -0.2) is 71.7 Å². The van der Waals surface area contributed by atoms with Crippen LogP contribution in [0.1, 0.15) is 0 Å². The van der Waals surface area contributed by atoms with Crippen molar-refractivity contribution in [2.45, 2.75) is 36.2 Å². The average molecular weight is 312 g/mol. The number of hydrogen-bond donors (Lipinski definition) is 4. The summed E-state index contributed by atoms with van der Waals surface area (Å²) in [5, 5.41) is 36.3. The molecular weight excluding hydrogens is 301 g/mol. The molecule has 19 heavy (non-hydrogen) atoms. The maximum Gasteiger partial charge on any atom is 0.523 e. The lowest BCUT2D eigenvalue weighted by Gasteiger charge is -2.18. The van der Waals surface area contributed by atoms with Crippen LogP contribution in [0.15, 0.2) is 0 Å². The van der Waals surface area contributed by atoms with Gasteiger partial charge in [0.15, 0.2) is 0 Å². The van der Waals surface area contributed by atoms with E-state index in [1.807, 2.05) is 0 Å². The van der Waals surface area contributed by atoms with Crippen LogP contribution in [0.3, 0.4) is 0 Å². The largest absolute Gasteiger partial charge is 0.523 e. The first-order valence-electron chi connectivity index (χ1n) is 4.81. The molecule has 12 heteroatoms. The van der Waals surface area contributed by atoms with Crippen molar-refractivity contribution in [3.63, 3.8) is 0 Å². The van der Waals surface area contributed by atoms with Crippen molar-refractivity contribution in [3.8, 4) is 0 Å². The van der Waals surface area contributed by atoms with E-state index < -0.39 is 52.9 Å². The van der Waals surface area contributed by atoms with Gasteiger partial charge in [0.1, 0.15) is 24.4 Å². The minimum atomic E-state index is -6.03. The van der Waals surface area contributed by atoms with E-state index in [1.54, 1.807) is 0 Å².